The predicted molar refractivity (Wildman–Crippen MR) is 113 cm³/mol. The maximum absolute atomic E-state index is 11.2. The van der Waals surface area contributed by atoms with Crippen LogP contribution >= 0.6 is 21.6 Å². The smallest absolute Gasteiger partial charge is 0.301 e. The maximum atomic E-state index is 11.2. The first kappa shape index (κ1) is 21.9. The lowest BCUT2D eigenvalue weighted by molar-refractivity contribution is -0.238. The molecule has 1 unspecified atom stereocenters. The summed E-state index contributed by atoms with van der Waals surface area (Å²) in [5.74, 6) is 0.700. The van der Waals surface area contributed by atoms with E-state index in [1.807, 2.05) is 0 Å². The van der Waals surface area contributed by atoms with Crippen LogP contribution in [0.4, 0.5) is 0 Å². The molecule has 3 nitrogen and oxygen atoms in total. The number of rotatable bonds is 12. The van der Waals surface area contributed by atoms with Crippen molar-refractivity contribution in [3.8, 4) is 0 Å². The quantitative estimate of drug-likeness (QED) is 0.131. The van der Waals surface area contributed by atoms with Crippen LogP contribution < -0.4 is 0 Å². The molecule has 2 fully saturated rings. The van der Waals surface area contributed by atoms with E-state index in [2.05, 4.69) is 57.7 Å². The van der Waals surface area contributed by atoms with Crippen LogP contribution in [0.5, 0.6) is 0 Å². The van der Waals surface area contributed by atoms with Crippen molar-refractivity contribution in [2.75, 3.05) is 0 Å². The monoisotopic (exact) mass is 398 g/mol. The van der Waals surface area contributed by atoms with Crippen LogP contribution in [-0.4, -0.2) is 21.7 Å². The summed E-state index contributed by atoms with van der Waals surface area (Å²) < 4.78 is 0. The summed E-state index contributed by atoms with van der Waals surface area (Å²) in [5, 5.41) is 9.99. The lowest BCUT2D eigenvalue weighted by Gasteiger charge is -2.27. The second kappa shape index (κ2) is 12.1. The van der Waals surface area contributed by atoms with E-state index in [1.165, 1.54) is 38.5 Å². The first-order valence-electron chi connectivity index (χ1n) is 10.2. The summed E-state index contributed by atoms with van der Waals surface area (Å²) >= 11 is 0. The van der Waals surface area contributed by atoms with Crippen molar-refractivity contribution in [3.05, 3.63) is 24.3 Å². The highest BCUT2D eigenvalue weighted by molar-refractivity contribution is 8.77. The normalized spacial score (nSPS) is 29.0. The molecule has 2 rings (SSSR count). The van der Waals surface area contributed by atoms with Gasteiger partial charge in [-0.2, -0.15) is 5.26 Å². The third-order valence-corrected chi connectivity index (χ3v) is 9.06. The molecule has 0 amide bonds. The molecule has 1 aliphatic carbocycles. The van der Waals surface area contributed by atoms with Gasteiger partial charge in [0.25, 0.3) is 0 Å². The lowest BCUT2D eigenvalue weighted by atomic mass is 9.91. The summed E-state index contributed by atoms with van der Waals surface area (Å²) in [6.07, 6.45) is 20.1. The first-order chi connectivity index (χ1) is 12.7. The van der Waals surface area contributed by atoms with Gasteiger partial charge >= 0.3 is 5.97 Å². The molecule has 0 aromatic carbocycles. The van der Waals surface area contributed by atoms with Gasteiger partial charge in [0.2, 0.25) is 0 Å². The van der Waals surface area contributed by atoms with Crippen LogP contribution in [0.2, 0.25) is 0 Å². The molecule has 1 N–H and O–H groups in total. The number of fused-ring (bicyclic) bond motifs is 2. The Bertz CT molecular complexity index is 478. The van der Waals surface area contributed by atoms with Crippen molar-refractivity contribution in [1.82, 2.24) is 0 Å². The van der Waals surface area contributed by atoms with Crippen LogP contribution in [0, 0.1) is 17.8 Å². The van der Waals surface area contributed by atoms with Gasteiger partial charge in [-0.05, 0) is 50.4 Å². The van der Waals surface area contributed by atoms with Gasteiger partial charge in [0.15, 0.2) is 0 Å². The molecule has 0 aromatic heterocycles. The van der Waals surface area contributed by atoms with Gasteiger partial charge in [-0.3, -0.25) is 0 Å². The van der Waals surface area contributed by atoms with E-state index in [9.17, 15) is 4.79 Å². The van der Waals surface area contributed by atoms with E-state index in [-0.39, 0.29) is 5.92 Å². The lowest BCUT2D eigenvalue weighted by Crippen LogP contribution is -2.20. The second-order valence-corrected chi connectivity index (χ2v) is 10.4. The minimum atomic E-state index is -0.538. The van der Waals surface area contributed by atoms with Gasteiger partial charge in [-0.1, -0.05) is 79.0 Å². The molecule has 5 heteroatoms. The van der Waals surface area contributed by atoms with Crippen LogP contribution in [0.15, 0.2) is 24.3 Å². The van der Waals surface area contributed by atoms with Crippen LogP contribution in [0.25, 0.3) is 0 Å². The molecule has 0 aromatic rings. The Morgan fingerprint density at radius 3 is 2.73 bits per heavy atom. The number of allylic oxidation sites excluding steroid dienone is 4. The minimum absolute atomic E-state index is 0.248. The van der Waals surface area contributed by atoms with Crippen molar-refractivity contribution in [2.24, 2.45) is 17.8 Å². The van der Waals surface area contributed by atoms with Gasteiger partial charge in [-0.25, -0.2) is 4.79 Å². The van der Waals surface area contributed by atoms with Gasteiger partial charge in [0.1, 0.15) is 0 Å². The molecule has 1 heterocycles. The maximum Gasteiger partial charge on any atom is 0.344 e. The largest absolute Gasteiger partial charge is 0.344 e. The Hall–Kier alpha value is -0.390. The van der Waals surface area contributed by atoms with Crippen molar-refractivity contribution in [1.29, 1.82) is 0 Å². The molecule has 5 atom stereocenters. The summed E-state index contributed by atoms with van der Waals surface area (Å²) in [6, 6.07) is 0. The standard InChI is InChI=1S/C21H34O3S2/c1-3-4-5-6-7-10-13-17-18(20-15-19(17)25-26-20)14-11-8-9-12-16(2)21(22)24-23/h8,10-11,13,16-20,23H,3-7,9,12,14-15H2,1-2H3/b11-8-,13-10+/t16?,17-,18-,19+,20-/m1/s1. The van der Waals surface area contributed by atoms with E-state index in [0.717, 1.165) is 41.6 Å². The molecule has 148 valence electrons. The zero-order chi connectivity index (χ0) is 18.8. The zero-order valence-electron chi connectivity index (χ0n) is 16.1. The minimum Gasteiger partial charge on any atom is -0.301 e. The van der Waals surface area contributed by atoms with Gasteiger partial charge < -0.3 is 4.89 Å². The van der Waals surface area contributed by atoms with E-state index in [4.69, 9.17) is 5.26 Å². The number of hydrogen-bond donors (Lipinski definition) is 1. The van der Waals surface area contributed by atoms with E-state index in [0.29, 0.717) is 0 Å². The molecule has 1 saturated carbocycles. The van der Waals surface area contributed by atoms with E-state index < -0.39 is 5.97 Å². The molecular formula is C21H34O3S2. The third kappa shape index (κ3) is 6.65. The molecule has 0 spiro atoms. The Labute approximate surface area is 166 Å². The Balaban J connectivity index is 1.73. The SMILES string of the molecule is CCCCCC/C=C/[C@@H]1[C@@H](C/C=C\CCC(C)C(=O)OO)[C@H]2C[C@@H]1SS2. The third-order valence-electron chi connectivity index (χ3n) is 5.58. The topological polar surface area (TPSA) is 46.5 Å². The highest BCUT2D eigenvalue weighted by atomic mass is 33.1. The zero-order valence-corrected chi connectivity index (χ0v) is 17.8. The van der Waals surface area contributed by atoms with Crippen LogP contribution in [0.1, 0.15) is 71.6 Å². The molecule has 0 radical (unpaired) electrons. The summed E-state index contributed by atoms with van der Waals surface area (Å²) in [4.78, 5) is 15.0. The number of hydrogen-bond acceptors (Lipinski definition) is 5. The summed E-state index contributed by atoms with van der Waals surface area (Å²) in [6.45, 7) is 4.05. The first-order valence-corrected chi connectivity index (χ1v) is 12.4. The average Bonchev–Trinajstić information content (AvgIpc) is 3.25. The molecular weight excluding hydrogens is 364 g/mol. The van der Waals surface area contributed by atoms with Gasteiger partial charge in [-0.15, -0.1) is 0 Å². The second-order valence-electron chi connectivity index (χ2n) is 7.62. The molecule has 26 heavy (non-hydrogen) atoms. The molecule has 2 aliphatic rings. The van der Waals surface area contributed by atoms with E-state index >= 15 is 0 Å². The number of carbonyl (C=O) groups is 1. The van der Waals surface area contributed by atoms with Crippen molar-refractivity contribution >= 4 is 27.6 Å². The van der Waals surface area contributed by atoms with Gasteiger partial charge in [0, 0.05) is 10.5 Å². The highest BCUT2D eigenvalue weighted by Crippen LogP contribution is 2.59. The Morgan fingerprint density at radius 1 is 1.15 bits per heavy atom. The van der Waals surface area contributed by atoms with Crippen LogP contribution in [0.3, 0.4) is 0 Å². The van der Waals surface area contributed by atoms with Crippen LogP contribution in [-0.2, 0) is 9.68 Å². The Morgan fingerprint density at radius 2 is 1.96 bits per heavy atom. The highest BCUT2D eigenvalue weighted by Gasteiger charge is 2.47. The van der Waals surface area contributed by atoms with Crippen molar-refractivity contribution in [3.63, 3.8) is 0 Å². The molecule has 1 saturated heterocycles. The van der Waals surface area contributed by atoms with Crippen molar-refractivity contribution in [2.45, 2.75) is 82.1 Å². The summed E-state index contributed by atoms with van der Waals surface area (Å²) in [5.41, 5.74) is 0. The van der Waals surface area contributed by atoms with E-state index in [1.54, 1.807) is 6.92 Å². The molecule has 1 aliphatic heterocycles. The summed E-state index contributed by atoms with van der Waals surface area (Å²) in [7, 11) is 4.19. The number of carbonyl (C=O) groups excluding carboxylic acids is 1. The average molecular weight is 399 g/mol. The Kier molecular flexibility index (Phi) is 10.2. The van der Waals surface area contributed by atoms with Crippen molar-refractivity contribution < 1.29 is 14.9 Å². The molecule has 2 bridgehead atoms. The number of unbranched alkanes of at least 4 members (excludes halogenated alkanes) is 4. The van der Waals surface area contributed by atoms with Gasteiger partial charge in [0.05, 0.1) is 5.92 Å². The fraction of sp³-hybridized carbons (Fsp3) is 0.762. The predicted octanol–water partition coefficient (Wildman–Crippen LogP) is 6.66. The fourth-order valence-electron chi connectivity index (χ4n) is 3.88. The fourth-order valence-corrected chi connectivity index (χ4v) is 7.86.